The number of rotatable bonds is 3. The molecular weight excluding hydrogens is 278 g/mol. The van der Waals surface area contributed by atoms with Crippen LogP contribution in [-0.4, -0.2) is 35.0 Å². The van der Waals surface area contributed by atoms with E-state index in [4.69, 9.17) is 0 Å². The Morgan fingerprint density at radius 3 is 2.27 bits per heavy atom. The molecule has 1 unspecified atom stereocenters. The number of likely N-dealkylation sites (tertiary alicyclic amines) is 1. The summed E-state index contributed by atoms with van der Waals surface area (Å²) in [7, 11) is 0. The van der Waals surface area contributed by atoms with E-state index in [1.807, 2.05) is 30.3 Å². The third kappa shape index (κ3) is 2.31. The second kappa shape index (κ2) is 5.41. The van der Waals surface area contributed by atoms with Gasteiger partial charge in [-0.1, -0.05) is 43.2 Å². The number of carbonyl (C=O) groups excluding carboxylic acids is 1. The molecule has 1 aliphatic heterocycles. The van der Waals surface area contributed by atoms with E-state index in [1.165, 1.54) is 0 Å². The Morgan fingerprint density at radius 2 is 1.73 bits per heavy atom. The van der Waals surface area contributed by atoms with E-state index in [0.29, 0.717) is 19.5 Å². The molecule has 22 heavy (non-hydrogen) atoms. The maximum Gasteiger partial charge on any atom is 0.311 e. The van der Waals surface area contributed by atoms with Crippen LogP contribution in [-0.2, 0) is 15.0 Å². The molecule has 4 heteroatoms. The Kier molecular flexibility index (Phi) is 3.71. The van der Waals surface area contributed by atoms with Gasteiger partial charge in [-0.05, 0) is 31.7 Å². The van der Waals surface area contributed by atoms with Crippen LogP contribution in [0.5, 0.6) is 0 Å². The highest BCUT2D eigenvalue weighted by molar-refractivity contribution is 5.90. The topological polar surface area (TPSA) is 57.6 Å². The molecular formula is C18H23NO3. The number of benzene rings is 1. The van der Waals surface area contributed by atoms with Gasteiger partial charge in [0, 0.05) is 13.1 Å². The number of carbonyl (C=O) groups is 2. The predicted molar refractivity (Wildman–Crippen MR) is 83.5 cm³/mol. The van der Waals surface area contributed by atoms with Gasteiger partial charge >= 0.3 is 5.97 Å². The van der Waals surface area contributed by atoms with Gasteiger partial charge in [0.25, 0.3) is 0 Å². The zero-order valence-electron chi connectivity index (χ0n) is 13.0. The minimum atomic E-state index is -0.803. The van der Waals surface area contributed by atoms with Crippen LogP contribution in [0.25, 0.3) is 0 Å². The molecule has 118 valence electrons. The summed E-state index contributed by atoms with van der Waals surface area (Å²) in [5.41, 5.74) is -0.154. The lowest BCUT2D eigenvalue weighted by molar-refractivity contribution is -0.147. The van der Waals surface area contributed by atoms with Crippen LogP contribution < -0.4 is 0 Å². The third-order valence-electron chi connectivity index (χ3n) is 5.47. The zero-order valence-corrected chi connectivity index (χ0v) is 13.0. The largest absolute Gasteiger partial charge is 0.481 e. The Hall–Kier alpha value is -1.84. The minimum absolute atomic E-state index is 0.126. The molecule has 1 aromatic rings. The van der Waals surface area contributed by atoms with E-state index >= 15 is 0 Å². The molecule has 4 nitrogen and oxygen atoms in total. The highest BCUT2D eigenvalue weighted by Crippen LogP contribution is 2.44. The van der Waals surface area contributed by atoms with Crippen LogP contribution in [0.1, 0.15) is 44.6 Å². The Balaban J connectivity index is 1.88. The minimum Gasteiger partial charge on any atom is -0.481 e. The number of hydrogen-bond donors (Lipinski definition) is 1. The second-order valence-electron chi connectivity index (χ2n) is 7.00. The summed E-state index contributed by atoms with van der Waals surface area (Å²) in [5, 5.41) is 9.38. The van der Waals surface area contributed by atoms with Crippen LogP contribution in [0.4, 0.5) is 0 Å². The van der Waals surface area contributed by atoms with Crippen molar-refractivity contribution in [1.82, 2.24) is 4.90 Å². The fourth-order valence-corrected chi connectivity index (χ4v) is 3.97. The number of carboxylic acid groups (broad SMARTS) is 1. The number of nitrogens with zero attached hydrogens (tertiary/aromatic N) is 1. The van der Waals surface area contributed by atoms with Crippen molar-refractivity contribution in [2.45, 2.75) is 44.4 Å². The maximum atomic E-state index is 13.2. The average Bonchev–Trinajstić information content (AvgIpc) is 3.16. The lowest BCUT2D eigenvalue weighted by atomic mass is 9.77. The average molecular weight is 301 g/mol. The van der Waals surface area contributed by atoms with E-state index < -0.39 is 16.8 Å². The molecule has 1 heterocycles. The summed E-state index contributed by atoms with van der Waals surface area (Å²) >= 11 is 0. The standard InChI is InChI=1S/C18H23NO3/c1-17(16(21)22)11-12-19(13-17)15(20)18(9-5-6-10-18)14-7-3-2-4-8-14/h2-4,7-8H,5-6,9-13H2,1H3,(H,21,22). The van der Waals surface area contributed by atoms with E-state index in [2.05, 4.69) is 0 Å². The summed E-state index contributed by atoms with van der Waals surface area (Å²) in [6.45, 7) is 2.62. The first-order valence-electron chi connectivity index (χ1n) is 8.06. The van der Waals surface area contributed by atoms with Crippen molar-refractivity contribution in [3.8, 4) is 0 Å². The molecule has 1 aromatic carbocycles. The van der Waals surface area contributed by atoms with Crippen LogP contribution >= 0.6 is 0 Å². The molecule has 0 aromatic heterocycles. The highest BCUT2D eigenvalue weighted by Gasteiger charge is 2.49. The first-order chi connectivity index (χ1) is 10.5. The first-order valence-corrected chi connectivity index (χ1v) is 8.06. The molecule has 1 aliphatic carbocycles. The van der Waals surface area contributed by atoms with E-state index in [1.54, 1.807) is 11.8 Å². The predicted octanol–water partition coefficient (Wildman–Crippen LogP) is 2.82. The number of aliphatic carboxylic acids is 1. The fraction of sp³-hybridized carbons (Fsp3) is 0.556. The Labute approximate surface area is 131 Å². The Bertz CT molecular complexity index is 577. The molecule has 0 bridgehead atoms. The van der Waals surface area contributed by atoms with Crippen LogP contribution in [0, 0.1) is 5.41 Å². The summed E-state index contributed by atoms with van der Waals surface area (Å²) in [6, 6.07) is 10.0. The summed E-state index contributed by atoms with van der Waals surface area (Å²) in [4.78, 5) is 26.4. The fourth-order valence-electron chi connectivity index (χ4n) is 3.97. The van der Waals surface area contributed by atoms with Crippen molar-refractivity contribution >= 4 is 11.9 Å². The van der Waals surface area contributed by atoms with Crippen molar-refractivity contribution in [3.05, 3.63) is 35.9 Å². The quantitative estimate of drug-likeness (QED) is 0.934. The molecule has 3 rings (SSSR count). The van der Waals surface area contributed by atoms with Gasteiger partial charge in [0.15, 0.2) is 0 Å². The first kappa shape index (κ1) is 15.1. The monoisotopic (exact) mass is 301 g/mol. The molecule has 1 saturated heterocycles. The number of amides is 1. The summed E-state index contributed by atoms with van der Waals surface area (Å²) in [6.07, 6.45) is 4.40. The van der Waals surface area contributed by atoms with Gasteiger partial charge in [0.1, 0.15) is 0 Å². The smallest absolute Gasteiger partial charge is 0.311 e. The van der Waals surface area contributed by atoms with E-state index in [9.17, 15) is 14.7 Å². The van der Waals surface area contributed by atoms with Gasteiger partial charge in [0.2, 0.25) is 5.91 Å². The molecule has 2 aliphatic rings. The van der Waals surface area contributed by atoms with Crippen LogP contribution in [0.3, 0.4) is 0 Å². The van der Waals surface area contributed by atoms with Crippen LogP contribution in [0.2, 0.25) is 0 Å². The SMILES string of the molecule is CC1(C(=O)O)CCN(C(=O)C2(c3ccccc3)CCCC2)C1. The third-order valence-corrected chi connectivity index (χ3v) is 5.47. The van der Waals surface area contributed by atoms with Crippen molar-refractivity contribution in [2.24, 2.45) is 5.41 Å². The molecule has 2 fully saturated rings. The van der Waals surface area contributed by atoms with Crippen LogP contribution in [0.15, 0.2) is 30.3 Å². The van der Waals surface area contributed by atoms with E-state index in [0.717, 1.165) is 31.2 Å². The lowest BCUT2D eigenvalue weighted by Crippen LogP contribution is -2.45. The van der Waals surface area contributed by atoms with Gasteiger partial charge in [-0.15, -0.1) is 0 Å². The van der Waals surface area contributed by atoms with Gasteiger partial charge < -0.3 is 10.0 Å². The summed E-state index contributed by atoms with van der Waals surface area (Å²) in [5.74, 6) is -0.677. The second-order valence-corrected chi connectivity index (χ2v) is 7.00. The van der Waals surface area contributed by atoms with Gasteiger partial charge in [0.05, 0.1) is 10.8 Å². The molecule has 1 N–H and O–H groups in total. The van der Waals surface area contributed by atoms with Gasteiger partial charge in [-0.3, -0.25) is 9.59 Å². The van der Waals surface area contributed by atoms with Crippen molar-refractivity contribution in [1.29, 1.82) is 0 Å². The highest BCUT2D eigenvalue weighted by atomic mass is 16.4. The number of hydrogen-bond acceptors (Lipinski definition) is 2. The van der Waals surface area contributed by atoms with Crippen molar-refractivity contribution < 1.29 is 14.7 Å². The van der Waals surface area contributed by atoms with Crippen molar-refractivity contribution in [3.63, 3.8) is 0 Å². The molecule has 1 saturated carbocycles. The van der Waals surface area contributed by atoms with Gasteiger partial charge in [-0.2, -0.15) is 0 Å². The number of carboxylic acids is 1. The molecule has 0 spiro atoms. The Morgan fingerprint density at radius 1 is 1.09 bits per heavy atom. The summed E-state index contributed by atoms with van der Waals surface area (Å²) < 4.78 is 0. The molecule has 0 radical (unpaired) electrons. The molecule has 1 atom stereocenters. The van der Waals surface area contributed by atoms with E-state index in [-0.39, 0.29) is 5.91 Å². The normalized spacial score (nSPS) is 27.0. The maximum absolute atomic E-state index is 13.2. The zero-order chi connectivity index (χ0) is 15.8. The van der Waals surface area contributed by atoms with Crippen molar-refractivity contribution in [2.75, 3.05) is 13.1 Å². The van der Waals surface area contributed by atoms with Gasteiger partial charge in [-0.25, -0.2) is 0 Å². The lowest BCUT2D eigenvalue weighted by Gasteiger charge is -2.33. The molecule has 1 amide bonds.